The summed E-state index contributed by atoms with van der Waals surface area (Å²) >= 11 is 3.42. The van der Waals surface area contributed by atoms with E-state index >= 15 is 0 Å². The van der Waals surface area contributed by atoms with Crippen LogP contribution in [-0.4, -0.2) is 11.9 Å². The molecule has 2 rings (SSSR count). The van der Waals surface area contributed by atoms with Gasteiger partial charge in [0, 0.05) is 16.9 Å². The average Bonchev–Trinajstić information content (AvgIpc) is 2.35. The maximum absolute atomic E-state index is 12.4. The summed E-state index contributed by atoms with van der Waals surface area (Å²) in [5.74, 6) is 0.0506. The van der Waals surface area contributed by atoms with Crippen molar-refractivity contribution >= 4 is 21.8 Å². The van der Waals surface area contributed by atoms with Gasteiger partial charge in [0.25, 0.3) is 5.91 Å². The SMILES string of the molecule is CC1(C)CC(NC(=O)c2ccc(CBr)cc2)CC(C)(C)C1. The van der Waals surface area contributed by atoms with Crippen LogP contribution in [0.1, 0.15) is 62.9 Å². The van der Waals surface area contributed by atoms with Crippen molar-refractivity contribution in [1.29, 1.82) is 0 Å². The highest BCUT2D eigenvalue weighted by molar-refractivity contribution is 9.08. The van der Waals surface area contributed by atoms with Crippen LogP contribution in [0.3, 0.4) is 0 Å². The molecule has 2 nitrogen and oxygen atoms in total. The summed E-state index contributed by atoms with van der Waals surface area (Å²) in [7, 11) is 0. The Morgan fingerprint density at radius 2 is 1.67 bits per heavy atom. The molecule has 0 spiro atoms. The van der Waals surface area contributed by atoms with Crippen LogP contribution in [0.2, 0.25) is 0 Å². The monoisotopic (exact) mass is 351 g/mol. The third-order valence-corrected chi connectivity index (χ3v) is 4.91. The number of alkyl halides is 1. The first kappa shape index (κ1) is 16.5. The lowest BCUT2D eigenvalue weighted by molar-refractivity contribution is 0.0713. The van der Waals surface area contributed by atoms with Gasteiger partial charge in [0.05, 0.1) is 0 Å². The summed E-state index contributed by atoms with van der Waals surface area (Å²) in [6.45, 7) is 9.21. The van der Waals surface area contributed by atoms with Crippen molar-refractivity contribution in [3.05, 3.63) is 35.4 Å². The molecule has 1 aliphatic rings. The Kier molecular flexibility index (Phi) is 4.82. The van der Waals surface area contributed by atoms with Crippen molar-refractivity contribution < 1.29 is 4.79 Å². The molecule has 0 bridgehead atoms. The Morgan fingerprint density at radius 3 is 2.14 bits per heavy atom. The molecule has 1 amide bonds. The fourth-order valence-electron chi connectivity index (χ4n) is 3.96. The smallest absolute Gasteiger partial charge is 0.251 e. The van der Waals surface area contributed by atoms with E-state index in [0.717, 1.165) is 23.7 Å². The van der Waals surface area contributed by atoms with Gasteiger partial charge in [0.15, 0.2) is 0 Å². The molecule has 1 aliphatic carbocycles. The summed E-state index contributed by atoms with van der Waals surface area (Å²) in [6.07, 6.45) is 3.33. The van der Waals surface area contributed by atoms with Crippen molar-refractivity contribution in [3.8, 4) is 0 Å². The van der Waals surface area contributed by atoms with Gasteiger partial charge in [-0.2, -0.15) is 0 Å². The Hall–Kier alpha value is -0.830. The Morgan fingerprint density at radius 1 is 1.14 bits per heavy atom. The van der Waals surface area contributed by atoms with Crippen LogP contribution >= 0.6 is 15.9 Å². The Bertz CT molecular complexity index is 488. The van der Waals surface area contributed by atoms with Gasteiger partial charge in [-0.3, -0.25) is 4.79 Å². The first-order valence-corrected chi connectivity index (χ1v) is 8.79. The van der Waals surface area contributed by atoms with Gasteiger partial charge in [0.2, 0.25) is 0 Å². The van der Waals surface area contributed by atoms with Gasteiger partial charge < -0.3 is 5.32 Å². The number of nitrogens with one attached hydrogen (secondary N) is 1. The predicted octanol–water partition coefficient (Wildman–Crippen LogP) is 4.92. The molecule has 1 aromatic carbocycles. The zero-order chi connectivity index (χ0) is 15.7. The second-order valence-electron chi connectivity index (χ2n) is 7.91. The summed E-state index contributed by atoms with van der Waals surface area (Å²) in [5.41, 5.74) is 2.52. The standard InChI is InChI=1S/C18H26BrNO/c1-17(2)9-15(10-18(3,4)12-17)20-16(21)14-7-5-13(11-19)6-8-14/h5-8,15H,9-12H2,1-4H3,(H,20,21). The highest BCUT2D eigenvalue weighted by Gasteiger charge is 2.38. The van der Waals surface area contributed by atoms with Crippen LogP contribution in [0, 0.1) is 10.8 Å². The third-order valence-electron chi connectivity index (χ3n) is 4.26. The van der Waals surface area contributed by atoms with Gasteiger partial charge in [-0.15, -0.1) is 0 Å². The highest BCUT2D eigenvalue weighted by atomic mass is 79.9. The van der Waals surface area contributed by atoms with Crippen molar-refractivity contribution in [2.75, 3.05) is 0 Å². The molecular weight excluding hydrogens is 326 g/mol. The third kappa shape index (κ3) is 4.57. The van der Waals surface area contributed by atoms with E-state index in [4.69, 9.17) is 0 Å². The summed E-state index contributed by atoms with van der Waals surface area (Å²) < 4.78 is 0. The fraction of sp³-hybridized carbons (Fsp3) is 0.611. The zero-order valence-electron chi connectivity index (χ0n) is 13.5. The number of amides is 1. The van der Waals surface area contributed by atoms with Gasteiger partial charge in [-0.05, 0) is 47.8 Å². The molecule has 3 heteroatoms. The van der Waals surface area contributed by atoms with E-state index in [2.05, 4.69) is 48.9 Å². The van der Waals surface area contributed by atoms with Crippen LogP contribution in [-0.2, 0) is 5.33 Å². The number of hydrogen-bond donors (Lipinski definition) is 1. The van der Waals surface area contributed by atoms with Crippen LogP contribution in [0.4, 0.5) is 0 Å². The number of rotatable bonds is 3. The van der Waals surface area contributed by atoms with Crippen LogP contribution in [0.15, 0.2) is 24.3 Å². The zero-order valence-corrected chi connectivity index (χ0v) is 15.1. The normalized spacial score (nSPS) is 21.0. The van der Waals surface area contributed by atoms with Crippen LogP contribution < -0.4 is 5.32 Å². The number of hydrogen-bond acceptors (Lipinski definition) is 1. The minimum atomic E-state index is 0.0506. The van der Waals surface area contributed by atoms with Crippen molar-refractivity contribution in [2.45, 2.75) is 58.3 Å². The van der Waals surface area contributed by atoms with E-state index in [9.17, 15) is 4.79 Å². The topological polar surface area (TPSA) is 29.1 Å². The van der Waals surface area contributed by atoms with Crippen molar-refractivity contribution in [1.82, 2.24) is 5.32 Å². The number of carbonyl (C=O) groups excluding carboxylic acids is 1. The van der Waals surface area contributed by atoms with Crippen LogP contribution in [0.25, 0.3) is 0 Å². The van der Waals surface area contributed by atoms with E-state index in [1.54, 1.807) is 0 Å². The maximum Gasteiger partial charge on any atom is 0.251 e. The van der Waals surface area contributed by atoms with Crippen LogP contribution in [0.5, 0.6) is 0 Å². The van der Waals surface area contributed by atoms with Gasteiger partial charge in [-0.1, -0.05) is 55.8 Å². The lowest BCUT2D eigenvalue weighted by Crippen LogP contribution is -2.46. The highest BCUT2D eigenvalue weighted by Crippen LogP contribution is 2.45. The van der Waals surface area contributed by atoms with E-state index in [1.807, 2.05) is 24.3 Å². The first-order chi connectivity index (χ1) is 9.71. The number of carbonyl (C=O) groups is 1. The molecule has 0 heterocycles. The fourth-order valence-corrected chi connectivity index (χ4v) is 4.34. The lowest BCUT2D eigenvalue weighted by atomic mass is 9.63. The van der Waals surface area contributed by atoms with Gasteiger partial charge >= 0.3 is 0 Å². The molecule has 1 saturated carbocycles. The largest absolute Gasteiger partial charge is 0.349 e. The molecule has 1 aromatic rings. The summed E-state index contributed by atoms with van der Waals surface area (Å²) in [4.78, 5) is 12.4. The summed E-state index contributed by atoms with van der Waals surface area (Å²) in [5, 5.41) is 4.05. The van der Waals surface area contributed by atoms with E-state index < -0.39 is 0 Å². The van der Waals surface area contributed by atoms with E-state index in [1.165, 1.54) is 12.0 Å². The molecule has 0 atom stereocenters. The molecule has 0 saturated heterocycles. The van der Waals surface area contributed by atoms with Crippen molar-refractivity contribution in [3.63, 3.8) is 0 Å². The molecule has 0 aromatic heterocycles. The number of benzene rings is 1. The van der Waals surface area contributed by atoms with E-state index in [-0.39, 0.29) is 11.9 Å². The average molecular weight is 352 g/mol. The minimum absolute atomic E-state index is 0.0506. The molecule has 0 unspecified atom stereocenters. The van der Waals surface area contributed by atoms with Gasteiger partial charge in [-0.25, -0.2) is 0 Å². The molecule has 116 valence electrons. The molecular formula is C18H26BrNO. The quantitative estimate of drug-likeness (QED) is 0.769. The van der Waals surface area contributed by atoms with Gasteiger partial charge in [0.1, 0.15) is 0 Å². The first-order valence-electron chi connectivity index (χ1n) is 7.67. The Balaban J connectivity index is 2.04. The number of halogens is 1. The molecule has 1 fully saturated rings. The molecule has 1 N–H and O–H groups in total. The van der Waals surface area contributed by atoms with E-state index in [0.29, 0.717) is 10.8 Å². The lowest BCUT2D eigenvalue weighted by Gasteiger charge is -2.45. The predicted molar refractivity (Wildman–Crippen MR) is 91.7 cm³/mol. The molecule has 0 aliphatic heterocycles. The summed E-state index contributed by atoms with van der Waals surface area (Å²) in [6, 6.07) is 8.08. The maximum atomic E-state index is 12.4. The second-order valence-corrected chi connectivity index (χ2v) is 8.48. The second kappa shape index (κ2) is 6.12. The van der Waals surface area contributed by atoms with Crippen molar-refractivity contribution in [2.24, 2.45) is 10.8 Å². The molecule has 0 radical (unpaired) electrons. The Labute approximate surface area is 136 Å². The minimum Gasteiger partial charge on any atom is -0.349 e. The molecule has 21 heavy (non-hydrogen) atoms.